The molecule has 0 fully saturated rings. The van der Waals surface area contributed by atoms with Gasteiger partial charge in [0.15, 0.2) is 0 Å². The molecule has 2 rings (SSSR count). The van der Waals surface area contributed by atoms with Gasteiger partial charge in [0, 0.05) is 0 Å². The molecule has 8 nitrogen and oxygen atoms in total. The highest BCUT2D eigenvalue weighted by molar-refractivity contribution is 7.97. The van der Waals surface area contributed by atoms with Gasteiger partial charge in [0.2, 0.25) is 5.95 Å². The highest BCUT2D eigenvalue weighted by Gasteiger charge is 2.28. The third kappa shape index (κ3) is 4.30. The molecule has 1 aromatic heterocycles. The number of halogens is 1. The number of aryl methyl sites for hydroxylation is 2. The number of urea groups is 1. The van der Waals surface area contributed by atoms with Crippen molar-refractivity contribution in [1.82, 2.24) is 19.7 Å². The van der Waals surface area contributed by atoms with Crippen LogP contribution in [0.25, 0.3) is 0 Å². The van der Waals surface area contributed by atoms with Gasteiger partial charge in [-0.15, -0.1) is 11.6 Å². The van der Waals surface area contributed by atoms with E-state index in [2.05, 4.69) is 20.3 Å². The normalized spacial score (nSPS) is 17.6. The Kier molecular flexibility index (Phi) is 5.07. The van der Waals surface area contributed by atoms with Gasteiger partial charge in [0.1, 0.15) is 16.6 Å². The zero-order chi connectivity index (χ0) is 17.2. The second-order valence-electron chi connectivity index (χ2n) is 4.49. The van der Waals surface area contributed by atoms with E-state index in [1.165, 1.54) is 12.2 Å². The van der Waals surface area contributed by atoms with E-state index >= 15 is 0 Å². The summed E-state index contributed by atoms with van der Waals surface area (Å²) in [5, 5.41) is 1.51. The molecule has 23 heavy (non-hydrogen) atoms. The van der Waals surface area contributed by atoms with Gasteiger partial charge in [-0.25, -0.2) is 22.9 Å². The molecule has 1 aliphatic rings. The molecule has 0 saturated carbocycles. The zero-order valence-electron chi connectivity index (χ0n) is 12.1. The van der Waals surface area contributed by atoms with Crippen LogP contribution >= 0.6 is 23.8 Å². The second kappa shape index (κ2) is 6.69. The van der Waals surface area contributed by atoms with Crippen molar-refractivity contribution in [2.75, 3.05) is 5.32 Å². The summed E-state index contributed by atoms with van der Waals surface area (Å²) in [6.07, 6.45) is 4.27. The molecule has 2 amide bonds. The van der Waals surface area contributed by atoms with Crippen molar-refractivity contribution in [3.8, 4) is 0 Å². The third-order valence-corrected chi connectivity index (χ3v) is 5.11. The maximum absolute atomic E-state index is 12.2. The first-order valence-corrected chi connectivity index (χ1v) is 8.61. The molecule has 11 heteroatoms. The molecule has 0 aromatic carbocycles. The van der Waals surface area contributed by atoms with Crippen LogP contribution in [0.15, 0.2) is 23.1 Å². The molecular weight excluding hydrogens is 362 g/mol. The van der Waals surface area contributed by atoms with Gasteiger partial charge in [-0.2, -0.15) is 9.97 Å². The Labute approximate surface area is 143 Å². The first-order chi connectivity index (χ1) is 10.7. The van der Waals surface area contributed by atoms with Crippen LogP contribution in [0.4, 0.5) is 10.7 Å². The average Bonchev–Trinajstić information content (AvgIpc) is 2.39. The summed E-state index contributed by atoms with van der Waals surface area (Å²) in [4.78, 5) is 23.4. The Morgan fingerprint density at radius 2 is 1.87 bits per heavy atom. The molecule has 1 aromatic rings. The topological polar surface area (TPSA) is 114 Å². The fourth-order valence-electron chi connectivity index (χ4n) is 1.74. The lowest BCUT2D eigenvalue weighted by Gasteiger charge is -2.15. The van der Waals surface area contributed by atoms with E-state index in [1.54, 1.807) is 19.9 Å². The van der Waals surface area contributed by atoms with Gasteiger partial charge in [0.25, 0.3) is 10.0 Å². The minimum Gasteiger partial charge on any atom is -0.275 e. The predicted molar refractivity (Wildman–Crippen MR) is 89.8 cm³/mol. The van der Waals surface area contributed by atoms with Crippen molar-refractivity contribution in [3.63, 3.8) is 0 Å². The zero-order valence-corrected chi connectivity index (χ0v) is 14.5. The van der Waals surface area contributed by atoms with E-state index < -0.39 is 21.4 Å². The van der Waals surface area contributed by atoms with E-state index in [4.69, 9.17) is 23.8 Å². The van der Waals surface area contributed by atoms with Gasteiger partial charge in [-0.1, -0.05) is 24.4 Å². The van der Waals surface area contributed by atoms with Crippen molar-refractivity contribution >= 4 is 50.7 Å². The monoisotopic (exact) mass is 373 g/mol. The number of allylic oxidation sites excluding steroid dienone is 4. The molecular formula is C12H12ClN5O3S2. The number of thiocarbonyl (C=S) groups is 1. The van der Waals surface area contributed by atoms with E-state index in [0.717, 1.165) is 0 Å². The standard InChI is InChI=1S/C12H12ClN5O3S2/c1-6-14-7(2)16-11(15-6)17-12(19)18-23(20,21)9-5-3-4-8(13)10(9)22/h3-5,8H,1-2H3,(H2,14,15,16,17,18,19). The van der Waals surface area contributed by atoms with Gasteiger partial charge in [-0.05, 0) is 19.9 Å². The first kappa shape index (κ1) is 17.4. The van der Waals surface area contributed by atoms with E-state index in [1.807, 2.05) is 4.72 Å². The van der Waals surface area contributed by atoms with E-state index in [-0.39, 0.29) is 15.7 Å². The lowest BCUT2D eigenvalue weighted by atomic mass is 10.2. The number of amides is 2. The van der Waals surface area contributed by atoms with Crippen molar-refractivity contribution < 1.29 is 13.2 Å². The molecule has 2 N–H and O–H groups in total. The molecule has 0 spiro atoms. The van der Waals surface area contributed by atoms with Crippen LogP contribution in [-0.4, -0.2) is 39.6 Å². The van der Waals surface area contributed by atoms with E-state index in [0.29, 0.717) is 11.6 Å². The highest BCUT2D eigenvalue weighted by Crippen LogP contribution is 2.19. The Morgan fingerprint density at radius 1 is 1.26 bits per heavy atom. The van der Waals surface area contributed by atoms with Crippen molar-refractivity contribution in [2.45, 2.75) is 19.2 Å². The largest absolute Gasteiger partial charge is 0.335 e. The number of nitrogens with one attached hydrogen (secondary N) is 2. The number of alkyl halides is 1. The van der Waals surface area contributed by atoms with E-state index in [9.17, 15) is 13.2 Å². The average molecular weight is 374 g/mol. The number of hydrogen-bond acceptors (Lipinski definition) is 7. The summed E-state index contributed by atoms with van der Waals surface area (Å²) in [7, 11) is -4.15. The molecule has 1 aliphatic carbocycles. The molecule has 0 bridgehead atoms. The number of anilines is 1. The summed E-state index contributed by atoms with van der Waals surface area (Å²) in [6.45, 7) is 3.24. The molecule has 0 radical (unpaired) electrons. The summed E-state index contributed by atoms with van der Waals surface area (Å²) in [6, 6.07) is -1.01. The van der Waals surface area contributed by atoms with Gasteiger partial charge in [-0.3, -0.25) is 5.32 Å². The summed E-state index contributed by atoms with van der Waals surface area (Å²) in [5.74, 6) is 0.724. The Morgan fingerprint density at radius 3 is 2.48 bits per heavy atom. The lowest BCUT2D eigenvalue weighted by molar-refractivity contribution is 0.256. The second-order valence-corrected chi connectivity index (χ2v) is 7.06. The number of carbonyl (C=O) groups excluding carboxylic acids is 1. The fourth-order valence-corrected chi connectivity index (χ4v) is 3.54. The molecule has 122 valence electrons. The maximum atomic E-state index is 12.2. The smallest absolute Gasteiger partial charge is 0.275 e. The summed E-state index contributed by atoms with van der Waals surface area (Å²) >= 11 is 10.9. The summed E-state index contributed by atoms with van der Waals surface area (Å²) < 4.78 is 26.2. The van der Waals surface area contributed by atoms with Crippen molar-refractivity contribution in [1.29, 1.82) is 0 Å². The number of aromatic nitrogens is 3. The third-order valence-electron chi connectivity index (χ3n) is 2.62. The predicted octanol–water partition coefficient (Wildman–Crippen LogP) is 1.37. The Balaban J connectivity index is 2.14. The SMILES string of the molecule is Cc1nc(C)nc(NC(=O)NS(=O)(=O)C2=CC=CC(Cl)C2=S)n1. The van der Waals surface area contributed by atoms with Crippen LogP contribution in [0.5, 0.6) is 0 Å². The number of carbonyl (C=O) groups is 1. The quantitative estimate of drug-likeness (QED) is 0.607. The van der Waals surface area contributed by atoms with Crippen molar-refractivity contribution in [3.05, 3.63) is 34.8 Å². The molecule has 1 atom stereocenters. The Bertz CT molecular complexity index is 815. The minimum atomic E-state index is -4.15. The van der Waals surface area contributed by atoms with Crippen LogP contribution in [0.1, 0.15) is 11.6 Å². The number of hydrogen-bond donors (Lipinski definition) is 2. The van der Waals surface area contributed by atoms with Crippen LogP contribution in [0, 0.1) is 13.8 Å². The van der Waals surface area contributed by atoms with Gasteiger partial charge >= 0.3 is 6.03 Å². The Hall–Kier alpha value is -1.91. The van der Waals surface area contributed by atoms with Crippen molar-refractivity contribution in [2.24, 2.45) is 0 Å². The minimum absolute atomic E-state index is 0.0151. The number of sulfonamides is 1. The summed E-state index contributed by atoms with van der Waals surface area (Å²) in [5.41, 5.74) is 0. The van der Waals surface area contributed by atoms with Crippen LogP contribution in [0.2, 0.25) is 0 Å². The fraction of sp³-hybridized carbons (Fsp3) is 0.250. The first-order valence-electron chi connectivity index (χ1n) is 6.29. The van der Waals surface area contributed by atoms with Crippen LogP contribution in [0.3, 0.4) is 0 Å². The highest BCUT2D eigenvalue weighted by atomic mass is 35.5. The molecule has 0 aliphatic heterocycles. The van der Waals surface area contributed by atoms with Crippen LogP contribution < -0.4 is 10.0 Å². The maximum Gasteiger partial charge on any atom is 0.335 e. The molecule has 1 unspecified atom stereocenters. The number of nitrogens with zero attached hydrogens (tertiary/aromatic N) is 3. The molecule has 1 heterocycles. The van der Waals surface area contributed by atoms with Gasteiger partial charge in [0.05, 0.1) is 10.2 Å². The number of rotatable bonds is 3. The lowest BCUT2D eigenvalue weighted by Crippen LogP contribution is -2.38. The van der Waals surface area contributed by atoms with Crippen LogP contribution in [-0.2, 0) is 10.0 Å². The molecule has 0 saturated heterocycles. The van der Waals surface area contributed by atoms with Gasteiger partial charge < -0.3 is 0 Å².